The van der Waals surface area contributed by atoms with E-state index < -0.39 is 0 Å². The summed E-state index contributed by atoms with van der Waals surface area (Å²) in [5.74, 6) is 0.771. The summed E-state index contributed by atoms with van der Waals surface area (Å²) < 4.78 is 5.61. The van der Waals surface area contributed by atoms with E-state index in [1.807, 2.05) is 49.1 Å². The molecule has 0 aliphatic carbocycles. The summed E-state index contributed by atoms with van der Waals surface area (Å²) >= 11 is 0. The van der Waals surface area contributed by atoms with Crippen molar-refractivity contribution in [2.75, 3.05) is 26.2 Å². The van der Waals surface area contributed by atoms with E-state index in [9.17, 15) is 14.4 Å². The van der Waals surface area contributed by atoms with Crippen LogP contribution in [0, 0.1) is 5.92 Å². The lowest BCUT2D eigenvalue weighted by molar-refractivity contribution is -0.137. The van der Waals surface area contributed by atoms with Crippen LogP contribution in [-0.2, 0) is 14.4 Å². The molecule has 0 radical (unpaired) electrons. The van der Waals surface area contributed by atoms with Crippen molar-refractivity contribution in [1.29, 1.82) is 0 Å². The number of nitrogens with one attached hydrogen (secondary N) is 1. The van der Waals surface area contributed by atoms with Crippen LogP contribution >= 0.6 is 0 Å². The maximum Gasteiger partial charge on any atom is 0.227 e. The number of rotatable bonds is 8. The van der Waals surface area contributed by atoms with Crippen LogP contribution in [0.2, 0.25) is 0 Å². The van der Waals surface area contributed by atoms with Gasteiger partial charge in [0.1, 0.15) is 5.75 Å². The minimum atomic E-state index is -0.226. The molecule has 3 rings (SSSR count). The Hall–Kier alpha value is -2.57. The van der Waals surface area contributed by atoms with E-state index in [0.29, 0.717) is 45.5 Å². The molecule has 164 valence electrons. The zero-order valence-electron chi connectivity index (χ0n) is 18.0. The van der Waals surface area contributed by atoms with Crippen molar-refractivity contribution >= 4 is 17.7 Å². The molecule has 7 nitrogen and oxygen atoms in total. The second-order valence-electron chi connectivity index (χ2n) is 8.47. The SMILES string of the molecule is CC(C)N1CC(C(=O)N2CCC(NC(=O)CCCOc3ccccc3)CC2)CC1=O. The molecule has 2 fully saturated rings. The number of likely N-dealkylation sites (tertiary alicyclic amines) is 2. The molecule has 2 heterocycles. The Morgan fingerprint density at radius 3 is 2.50 bits per heavy atom. The van der Waals surface area contributed by atoms with Crippen LogP contribution in [0.25, 0.3) is 0 Å². The summed E-state index contributed by atoms with van der Waals surface area (Å²) in [6.07, 6.45) is 2.93. The van der Waals surface area contributed by atoms with E-state index in [0.717, 1.165) is 18.6 Å². The fraction of sp³-hybridized carbons (Fsp3) is 0.609. The Bertz CT molecular complexity index is 729. The predicted molar refractivity (Wildman–Crippen MR) is 114 cm³/mol. The number of hydrogen-bond acceptors (Lipinski definition) is 4. The first-order valence-corrected chi connectivity index (χ1v) is 11.0. The maximum atomic E-state index is 12.8. The lowest BCUT2D eigenvalue weighted by Crippen LogP contribution is -2.48. The van der Waals surface area contributed by atoms with Gasteiger partial charge in [-0.2, -0.15) is 0 Å². The zero-order chi connectivity index (χ0) is 21.5. The van der Waals surface area contributed by atoms with Gasteiger partial charge in [-0.3, -0.25) is 14.4 Å². The second kappa shape index (κ2) is 10.5. The highest BCUT2D eigenvalue weighted by atomic mass is 16.5. The molecule has 3 amide bonds. The Morgan fingerprint density at radius 1 is 1.17 bits per heavy atom. The molecular formula is C23H33N3O4. The van der Waals surface area contributed by atoms with Crippen LogP contribution in [0.5, 0.6) is 5.75 Å². The van der Waals surface area contributed by atoms with Gasteiger partial charge in [0.2, 0.25) is 17.7 Å². The highest BCUT2D eigenvalue weighted by molar-refractivity contribution is 5.89. The number of amides is 3. The summed E-state index contributed by atoms with van der Waals surface area (Å²) in [5, 5.41) is 3.08. The monoisotopic (exact) mass is 415 g/mol. The van der Waals surface area contributed by atoms with Gasteiger partial charge in [-0.05, 0) is 45.2 Å². The van der Waals surface area contributed by atoms with Gasteiger partial charge in [0.25, 0.3) is 0 Å². The number of benzene rings is 1. The van der Waals surface area contributed by atoms with E-state index in [1.165, 1.54) is 0 Å². The van der Waals surface area contributed by atoms with Crippen LogP contribution in [0.4, 0.5) is 0 Å². The van der Waals surface area contributed by atoms with Gasteiger partial charge in [-0.25, -0.2) is 0 Å². The maximum absolute atomic E-state index is 12.8. The molecule has 0 saturated carbocycles. The largest absolute Gasteiger partial charge is 0.494 e. The molecule has 2 saturated heterocycles. The van der Waals surface area contributed by atoms with Crippen molar-refractivity contribution in [3.05, 3.63) is 30.3 Å². The van der Waals surface area contributed by atoms with Gasteiger partial charge < -0.3 is 19.9 Å². The molecule has 30 heavy (non-hydrogen) atoms. The van der Waals surface area contributed by atoms with Gasteiger partial charge in [0, 0.05) is 44.6 Å². The Balaban J connectivity index is 1.32. The Morgan fingerprint density at radius 2 is 1.87 bits per heavy atom. The quantitative estimate of drug-likeness (QED) is 0.661. The number of hydrogen-bond donors (Lipinski definition) is 1. The van der Waals surface area contributed by atoms with Crippen molar-refractivity contribution in [2.45, 2.75) is 58.0 Å². The van der Waals surface area contributed by atoms with Crippen molar-refractivity contribution in [3.63, 3.8) is 0 Å². The van der Waals surface area contributed by atoms with Gasteiger partial charge >= 0.3 is 0 Å². The Kier molecular flexibility index (Phi) is 7.71. The molecule has 0 spiro atoms. The van der Waals surface area contributed by atoms with Gasteiger partial charge in [0.05, 0.1) is 12.5 Å². The summed E-state index contributed by atoms with van der Waals surface area (Å²) in [4.78, 5) is 40.7. The third-order valence-corrected chi connectivity index (χ3v) is 5.86. The van der Waals surface area contributed by atoms with Crippen LogP contribution < -0.4 is 10.1 Å². The van der Waals surface area contributed by atoms with Crippen molar-refractivity contribution in [2.24, 2.45) is 5.92 Å². The van der Waals surface area contributed by atoms with Crippen molar-refractivity contribution < 1.29 is 19.1 Å². The molecule has 2 aliphatic rings. The van der Waals surface area contributed by atoms with Gasteiger partial charge in [-0.1, -0.05) is 18.2 Å². The van der Waals surface area contributed by atoms with Crippen molar-refractivity contribution in [1.82, 2.24) is 15.1 Å². The van der Waals surface area contributed by atoms with E-state index in [2.05, 4.69) is 5.32 Å². The number of nitrogens with zero attached hydrogens (tertiary/aromatic N) is 2. The van der Waals surface area contributed by atoms with Crippen LogP contribution in [0.15, 0.2) is 30.3 Å². The first kappa shape index (κ1) is 22.1. The highest BCUT2D eigenvalue weighted by Crippen LogP contribution is 2.24. The molecule has 1 unspecified atom stereocenters. The summed E-state index contributed by atoms with van der Waals surface area (Å²) in [6, 6.07) is 9.82. The summed E-state index contributed by atoms with van der Waals surface area (Å²) in [6.45, 7) is 6.26. The standard InChI is InChI=1S/C23H33N3O4/c1-17(2)26-16-18(15-22(26)28)23(29)25-12-10-19(11-13-25)24-21(27)9-6-14-30-20-7-4-3-5-8-20/h3-5,7-8,17-19H,6,9-16H2,1-2H3,(H,24,27). The van der Waals surface area contributed by atoms with E-state index in [-0.39, 0.29) is 35.7 Å². The number of carbonyl (C=O) groups is 3. The highest BCUT2D eigenvalue weighted by Gasteiger charge is 2.38. The molecule has 1 aromatic rings. The molecule has 0 bridgehead atoms. The normalized spacial score (nSPS) is 20.0. The Labute approximate surface area is 178 Å². The zero-order valence-corrected chi connectivity index (χ0v) is 18.0. The molecular weight excluding hydrogens is 382 g/mol. The molecule has 1 aromatic carbocycles. The number of ether oxygens (including phenoxy) is 1. The number of para-hydroxylation sites is 1. The first-order valence-electron chi connectivity index (χ1n) is 11.0. The first-order chi connectivity index (χ1) is 14.4. The van der Waals surface area contributed by atoms with E-state index in [1.54, 1.807) is 4.90 Å². The molecule has 1 N–H and O–H groups in total. The third-order valence-electron chi connectivity index (χ3n) is 5.86. The average Bonchev–Trinajstić information content (AvgIpc) is 3.14. The van der Waals surface area contributed by atoms with Crippen LogP contribution in [0.3, 0.4) is 0 Å². The minimum Gasteiger partial charge on any atom is -0.494 e. The lowest BCUT2D eigenvalue weighted by Gasteiger charge is -2.34. The fourth-order valence-electron chi connectivity index (χ4n) is 4.14. The van der Waals surface area contributed by atoms with Gasteiger partial charge in [0.15, 0.2) is 0 Å². The topological polar surface area (TPSA) is 79.0 Å². The minimum absolute atomic E-state index is 0.0328. The van der Waals surface area contributed by atoms with Gasteiger partial charge in [-0.15, -0.1) is 0 Å². The second-order valence-corrected chi connectivity index (χ2v) is 8.47. The molecule has 2 aliphatic heterocycles. The number of piperidine rings is 1. The molecule has 7 heteroatoms. The lowest BCUT2D eigenvalue weighted by atomic mass is 10.0. The summed E-state index contributed by atoms with van der Waals surface area (Å²) in [5.41, 5.74) is 0. The smallest absolute Gasteiger partial charge is 0.227 e. The predicted octanol–water partition coefficient (Wildman–Crippen LogP) is 2.21. The van der Waals surface area contributed by atoms with E-state index in [4.69, 9.17) is 4.74 Å². The van der Waals surface area contributed by atoms with Crippen LogP contribution in [0.1, 0.15) is 46.0 Å². The van der Waals surface area contributed by atoms with Crippen molar-refractivity contribution in [3.8, 4) is 5.75 Å². The fourth-order valence-corrected chi connectivity index (χ4v) is 4.14. The number of carbonyl (C=O) groups excluding carboxylic acids is 3. The average molecular weight is 416 g/mol. The third kappa shape index (κ3) is 5.97. The van der Waals surface area contributed by atoms with E-state index >= 15 is 0 Å². The van der Waals surface area contributed by atoms with Crippen LogP contribution in [-0.4, -0.2) is 65.8 Å². The molecule has 1 atom stereocenters. The molecule has 0 aromatic heterocycles. The summed E-state index contributed by atoms with van der Waals surface area (Å²) in [7, 11) is 0.